The van der Waals surface area contributed by atoms with Crippen LogP contribution in [-0.4, -0.2) is 24.0 Å². The third-order valence-electron chi connectivity index (χ3n) is 2.98. The summed E-state index contributed by atoms with van der Waals surface area (Å²) in [5.74, 6) is 0.0953. The molecule has 3 nitrogen and oxygen atoms in total. The number of rotatable bonds is 1. The number of nitrogens with one attached hydrogen (secondary N) is 1. The molecule has 1 atom stereocenters. The van der Waals surface area contributed by atoms with Crippen LogP contribution in [-0.2, 0) is 4.79 Å². The predicted octanol–water partition coefficient (Wildman–Crippen LogP) is 2.44. The molecule has 1 aromatic carbocycles. The minimum atomic E-state index is -0.517. The van der Waals surface area contributed by atoms with Gasteiger partial charge in [-0.15, -0.1) is 0 Å². The first-order chi connectivity index (χ1) is 7.90. The quantitative estimate of drug-likeness (QED) is 0.833. The number of piperazine rings is 1. The first-order valence-corrected chi connectivity index (χ1v) is 6.13. The zero-order valence-electron chi connectivity index (χ0n) is 10.3. The van der Waals surface area contributed by atoms with E-state index in [1.807, 2.05) is 43.0 Å². The molecule has 1 heterocycles. The van der Waals surface area contributed by atoms with Gasteiger partial charge in [-0.3, -0.25) is 10.1 Å². The molecule has 0 aromatic heterocycles. The summed E-state index contributed by atoms with van der Waals surface area (Å²) in [5.41, 5.74) is 0.387. The molecule has 17 heavy (non-hydrogen) atoms. The average molecular weight is 253 g/mol. The van der Waals surface area contributed by atoms with Crippen LogP contribution in [0.5, 0.6) is 0 Å². The van der Waals surface area contributed by atoms with Crippen LogP contribution in [0.4, 0.5) is 5.69 Å². The molecular formula is C13H17ClN2O. The minimum absolute atomic E-state index is 0.0953. The molecule has 1 unspecified atom stereocenters. The van der Waals surface area contributed by atoms with Gasteiger partial charge in [0.15, 0.2) is 0 Å². The normalized spacial score (nSPS) is 23.9. The van der Waals surface area contributed by atoms with Gasteiger partial charge in [0.25, 0.3) is 0 Å². The van der Waals surface area contributed by atoms with E-state index in [0.29, 0.717) is 11.6 Å². The van der Waals surface area contributed by atoms with Gasteiger partial charge in [0, 0.05) is 23.3 Å². The second-order valence-electron chi connectivity index (χ2n) is 5.06. The molecule has 0 aliphatic carbocycles. The van der Waals surface area contributed by atoms with Gasteiger partial charge in [-0.05, 0) is 45.0 Å². The van der Waals surface area contributed by atoms with E-state index in [9.17, 15) is 4.79 Å². The molecule has 2 rings (SSSR count). The Morgan fingerprint density at radius 2 is 1.94 bits per heavy atom. The molecule has 4 heteroatoms. The third kappa shape index (κ3) is 2.45. The molecule has 1 aromatic rings. The average Bonchev–Trinajstić information content (AvgIpc) is 2.24. The maximum Gasteiger partial charge on any atom is 0.246 e. The fourth-order valence-corrected chi connectivity index (χ4v) is 2.39. The topological polar surface area (TPSA) is 32.3 Å². The molecule has 1 aliphatic rings. The van der Waals surface area contributed by atoms with E-state index in [1.165, 1.54) is 0 Å². The smallest absolute Gasteiger partial charge is 0.246 e. The van der Waals surface area contributed by atoms with Gasteiger partial charge in [-0.25, -0.2) is 0 Å². The number of hydrogen-bond donors (Lipinski definition) is 1. The second-order valence-corrected chi connectivity index (χ2v) is 5.50. The fraction of sp³-hybridized carbons (Fsp3) is 0.462. The van der Waals surface area contributed by atoms with E-state index in [2.05, 4.69) is 12.2 Å². The summed E-state index contributed by atoms with van der Waals surface area (Å²) in [4.78, 5) is 14.1. The summed E-state index contributed by atoms with van der Waals surface area (Å²) in [7, 11) is 0. The maximum absolute atomic E-state index is 12.3. The number of carbonyl (C=O) groups is 1. The van der Waals surface area contributed by atoms with Crippen LogP contribution >= 0.6 is 11.6 Å². The molecule has 1 amide bonds. The number of amides is 1. The SMILES string of the molecule is CC1CN(c2ccc(Cl)cc2)C(=O)C(C)(C)N1. The summed E-state index contributed by atoms with van der Waals surface area (Å²) in [6, 6.07) is 7.66. The van der Waals surface area contributed by atoms with Gasteiger partial charge >= 0.3 is 0 Å². The van der Waals surface area contributed by atoms with Gasteiger partial charge in [-0.2, -0.15) is 0 Å². The lowest BCUT2D eigenvalue weighted by Gasteiger charge is -2.41. The summed E-state index contributed by atoms with van der Waals surface area (Å²) in [6.07, 6.45) is 0. The molecule has 1 aliphatic heterocycles. The Balaban J connectivity index is 2.31. The Labute approximate surface area is 107 Å². The Hall–Kier alpha value is -1.06. The third-order valence-corrected chi connectivity index (χ3v) is 3.23. The molecular weight excluding hydrogens is 236 g/mol. The highest BCUT2D eigenvalue weighted by Gasteiger charge is 2.38. The van der Waals surface area contributed by atoms with Gasteiger partial charge in [0.1, 0.15) is 0 Å². The van der Waals surface area contributed by atoms with Crippen molar-refractivity contribution < 1.29 is 4.79 Å². The van der Waals surface area contributed by atoms with E-state index in [-0.39, 0.29) is 11.9 Å². The maximum atomic E-state index is 12.3. The monoisotopic (exact) mass is 252 g/mol. The van der Waals surface area contributed by atoms with E-state index in [0.717, 1.165) is 5.69 Å². The van der Waals surface area contributed by atoms with Crippen molar-refractivity contribution in [3.8, 4) is 0 Å². The van der Waals surface area contributed by atoms with Crippen LogP contribution in [0.1, 0.15) is 20.8 Å². The molecule has 92 valence electrons. The summed E-state index contributed by atoms with van der Waals surface area (Å²) >= 11 is 5.86. The van der Waals surface area contributed by atoms with Crippen molar-refractivity contribution in [1.29, 1.82) is 0 Å². The number of halogens is 1. The van der Waals surface area contributed by atoms with Gasteiger partial charge in [0.05, 0.1) is 5.54 Å². The van der Waals surface area contributed by atoms with Crippen molar-refractivity contribution in [2.24, 2.45) is 0 Å². The minimum Gasteiger partial charge on any atom is -0.309 e. The molecule has 1 fully saturated rings. The number of carbonyl (C=O) groups excluding carboxylic acids is 1. The van der Waals surface area contributed by atoms with Crippen LogP contribution in [0.25, 0.3) is 0 Å². The Kier molecular flexibility index (Phi) is 3.15. The molecule has 0 saturated carbocycles. The van der Waals surface area contributed by atoms with E-state index in [4.69, 9.17) is 11.6 Å². The predicted molar refractivity (Wildman–Crippen MR) is 70.5 cm³/mol. The lowest BCUT2D eigenvalue weighted by Crippen LogP contribution is -2.65. The van der Waals surface area contributed by atoms with Crippen LogP contribution in [0.3, 0.4) is 0 Å². The zero-order chi connectivity index (χ0) is 12.6. The van der Waals surface area contributed by atoms with Crippen LogP contribution in [0.2, 0.25) is 5.02 Å². The Bertz CT molecular complexity index is 428. The van der Waals surface area contributed by atoms with E-state index >= 15 is 0 Å². The Morgan fingerprint density at radius 1 is 1.35 bits per heavy atom. The van der Waals surface area contributed by atoms with Gasteiger partial charge in [-0.1, -0.05) is 11.6 Å². The van der Waals surface area contributed by atoms with Crippen molar-refractivity contribution in [2.75, 3.05) is 11.4 Å². The van der Waals surface area contributed by atoms with Crippen molar-refractivity contribution in [3.05, 3.63) is 29.3 Å². The number of hydrogen-bond acceptors (Lipinski definition) is 2. The highest BCUT2D eigenvalue weighted by molar-refractivity contribution is 6.30. The molecule has 0 spiro atoms. The van der Waals surface area contributed by atoms with E-state index < -0.39 is 5.54 Å². The number of nitrogens with zero attached hydrogens (tertiary/aromatic N) is 1. The molecule has 0 bridgehead atoms. The largest absolute Gasteiger partial charge is 0.309 e. The molecule has 1 saturated heterocycles. The fourth-order valence-electron chi connectivity index (χ4n) is 2.26. The van der Waals surface area contributed by atoms with Gasteiger partial charge in [0.2, 0.25) is 5.91 Å². The van der Waals surface area contributed by atoms with Crippen molar-refractivity contribution >= 4 is 23.2 Å². The number of anilines is 1. The highest BCUT2D eigenvalue weighted by atomic mass is 35.5. The highest BCUT2D eigenvalue weighted by Crippen LogP contribution is 2.24. The Morgan fingerprint density at radius 3 is 2.53 bits per heavy atom. The summed E-state index contributed by atoms with van der Waals surface area (Å²) < 4.78 is 0. The van der Waals surface area contributed by atoms with Crippen molar-refractivity contribution in [1.82, 2.24) is 5.32 Å². The van der Waals surface area contributed by atoms with Crippen molar-refractivity contribution in [2.45, 2.75) is 32.4 Å². The van der Waals surface area contributed by atoms with Crippen LogP contribution < -0.4 is 10.2 Å². The van der Waals surface area contributed by atoms with Crippen LogP contribution in [0.15, 0.2) is 24.3 Å². The lowest BCUT2D eigenvalue weighted by atomic mass is 9.97. The molecule has 1 N–H and O–H groups in total. The zero-order valence-corrected chi connectivity index (χ0v) is 11.1. The lowest BCUT2D eigenvalue weighted by molar-refractivity contribution is -0.125. The first kappa shape index (κ1) is 12.4. The standard InChI is InChI=1S/C13H17ClN2O/c1-9-8-16(12(17)13(2,3)15-9)11-6-4-10(14)5-7-11/h4-7,9,15H,8H2,1-3H3. The summed E-state index contributed by atoms with van der Waals surface area (Å²) in [6.45, 7) is 6.59. The molecule has 0 radical (unpaired) electrons. The van der Waals surface area contributed by atoms with E-state index in [1.54, 1.807) is 0 Å². The second kappa shape index (κ2) is 4.31. The van der Waals surface area contributed by atoms with Crippen molar-refractivity contribution in [3.63, 3.8) is 0 Å². The first-order valence-electron chi connectivity index (χ1n) is 5.75. The summed E-state index contributed by atoms with van der Waals surface area (Å²) in [5, 5.41) is 3.98. The van der Waals surface area contributed by atoms with Crippen LogP contribution in [0, 0.1) is 0 Å². The number of benzene rings is 1. The van der Waals surface area contributed by atoms with Gasteiger partial charge < -0.3 is 4.90 Å².